The van der Waals surface area contributed by atoms with Crippen LogP contribution in [-0.2, 0) is 4.79 Å². The molecule has 0 spiro atoms. The van der Waals surface area contributed by atoms with Gasteiger partial charge in [0.15, 0.2) is 0 Å². The summed E-state index contributed by atoms with van der Waals surface area (Å²) in [6, 6.07) is 8.98. The van der Waals surface area contributed by atoms with Gasteiger partial charge >= 0.3 is 6.18 Å². The summed E-state index contributed by atoms with van der Waals surface area (Å²) in [6.45, 7) is -0.386. The van der Waals surface area contributed by atoms with Crippen molar-refractivity contribution in [1.82, 2.24) is 5.32 Å². The van der Waals surface area contributed by atoms with Crippen LogP contribution in [0.1, 0.15) is 30.9 Å². The largest absolute Gasteiger partial charge is 0.390 e. The van der Waals surface area contributed by atoms with Crippen LogP contribution in [0.3, 0.4) is 0 Å². The maximum atomic E-state index is 11.9. The molecule has 106 valence electrons. The molecule has 1 atom stereocenters. The zero-order valence-electron chi connectivity index (χ0n) is 10.4. The molecule has 0 saturated carbocycles. The summed E-state index contributed by atoms with van der Waals surface area (Å²) in [5.41, 5.74) is 6.79. The van der Waals surface area contributed by atoms with E-state index in [0.717, 1.165) is 5.56 Å². The first-order valence-electron chi connectivity index (χ1n) is 6.02. The van der Waals surface area contributed by atoms with E-state index in [9.17, 15) is 18.0 Å². The molecule has 0 aliphatic carbocycles. The van der Waals surface area contributed by atoms with E-state index in [4.69, 9.17) is 5.73 Å². The number of rotatable bonds is 6. The Kier molecular flexibility index (Phi) is 5.82. The maximum Gasteiger partial charge on any atom is 0.390 e. The lowest BCUT2D eigenvalue weighted by molar-refractivity contribution is -0.135. The standard InChI is InChI=1S/C13H17F3N2O/c14-13(15,16)8-9-18-12(19)7-6-11(17)10-4-2-1-3-5-10/h1-5,11H,6-9,17H2,(H,18,19). The third-order valence-electron chi connectivity index (χ3n) is 2.64. The maximum absolute atomic E-state index is 11.9. The summed E-state index contributed by atoms with van der Waals surface area (Å²) >= 11 is 0. The molecule has 1 unspecified atom stereocenters. The van der Waals surface area contributed by atoms with Gasteiger partial charge in [0.2, 0.25) is 5.91 Å². The highest BCUT2D eigenvalue weighted by atomic mass is 19.4. The van der Waals surface area contributed by atoms with Gasteiger partial charge in [0.05, 0.1) is 6.42 Å². The smallest absolute Gasteiger partial charge is 0.356 e. The number of hydrogen-bond acceptors (Lipinski definition) is 2. The Balaban J connectivity index is 2.23. The third-order valence-corrected chi connectivity index (χ3v) is 2.64. The van der Waals surface area contributed by atoms with Crippen molar-refractivity contribution >= 4 is 5.91 Å². The number of nitrogens with two attached hydrogens (primary N) is 1. The molecule has 0 aliphatic heterocycles. The van der Waals surface area contributed by atoms with Crippen molar-refractivity contribution in [2.45, 2.75) is 31.5 Å². The van der Waals surface area contributed by atoms with E-state index in [1.807, 2.05) is 30.3 Å². The molecular weight excluding hydrogens is 257 g/mol. The average molecular weight is 274 g/mol. The Bertz CT molecular complexity index is 393. The minimum atomic E-state index is -4.24. The monoisotopic (exact) mass is 274 g/mol. The molecular formula is C13H17F3N2O. The lowest BCUT2D eigenvalue weighted by Crippen LogP contribution is -2.28. The van der Waals surface area contributed by atoms with E-state index >= 15 is 0 Å². The number of carbonyl (C=O) groups excluding carboxylic acids is 1. The Hall–Kier alpha value is -1.56. The fourth-order valence-corrected chi connectivity index (χ4v) is 1.59. The van der Waals surface area contributed by atoms with Crippen LogP contribution < -0.4 is 11.1 Å². The number of halogens is 3. The first-order chi connectivity index (χ1) is 8.88. The first-order valence-corrected chi connectivity index (χ1v) is 6.02. The van der Waals surface area contributed by atoms with Gasteiger partial charge in [-0.15, -0.1) is 0 Å². The van der Waals surface area contributed by atoms with Gasteiger partial charge < -0.3 is 11.1 Å². The number of benzene rings is 1. The summed E-state index contributed by atoms with van der Waals surface area (Å²) in [5, 5.41) is 2.23. The summed E-state index contributed by atoms with van der Waals surface area (Å²) in [4.78, 5) is 11.3. The van der Waals surface area contributed by atoms with Crippen molar-refractivity contribution in [3.63, 3.8) is 0 Å². The minimum absolute atomic E-state index is 0.119. The lowest BCUT2D eigenvalue weighted by atomic mass is 10.0. The highest BCUT2D eigenvalue weighted by Gasteiger charge is 2.26. The van der Waals surface area contributed by atoms with Crippen LogP contribution >= 0.6 is 0 Å². The van der Waals surface area contributed by atoms with E-state index in [1.54, 1.807) is 0 Å². The quantitative estimate of drug-likeness (QED) is 0.837. The molecule has 0 fully saturated rings. The molecule has 1 rings (SSSR count). The van der Waals surface area contributed by atoms with Crippen molar-refractivity contribution in [3.8, 4) is 0 Å². The van der Waals surface area contributed by atoms with Crippen LogP contribution in [0.4, 0.5) is 13.2 Å². The van der Waals surface area contributed by atoms with Crippen molar-refractivity contribution in [1.29, 1.82) is 0 Å². The van der Waals surface area contributed by atoms with Gasteiger partial charge in [-0.2, -0.15) is 13.2 Å². The highest BCUT2D eigenvalue weighted by Crippen LogP contribution is 2.18. The van der Waals surface area contributed by atoms with Crippen LogP contribution in [0.2, 0.25) is 0 Å². The number of carbonyl (C=O) groups is 1. The molecule has 0 bridgehead atoms. The average Bonchev–Trinajstić information content (AvgIpc) is 2.35. The zero-order valence-corrected chi connectivity index (χ0v) is 10.4. The lowest BCUT2D eigenvalue weighted by Gasteiger charge is -2.12. The van der Waals surface area contributed by atoms with Crippen LogP contribution in [-0.4, -0.2) is 18.6 Å². The van der Waals surface area contributed by atoms with Crippen molar-refractivity contribution in [2.24, 2.45) is 5.73 Å². The number of alkyl halides is 3. The summed E-state index contributed by atoms with van der Waals surface area (Å²) in [7, 11) is 0. The Morgan fingerprint density at radius 2 is 1.89 bits per heavy atom. The van der Waals surface area contributed by atoms with Crippen molar-refractivity contribution in [3.05, 3.63) is 35.9 Å². The topological polar surface area (TPSA) is 55.1 Å². The SMILES string of the molecule is NC(CCC(=O)NCCC(F)(F)F)c1ccccc1. The Labute approximate surface area is 110 Å². The number of amides is 1. The molecule has 6 heteroatoms. The van der Waals surface area contributed by atoms with Crippen LogP contribution in [0, 0.1) is 0 Å². The normalized spacial score (nSPS) is 13.1. The second kappa shape index (κ2) is 7.13. The summed E-state index contributed by atoms with van der Waals surface area (Å²) in [5.74, 6) is -0.407. The molecule has 0 saturated heterocycles. The number of nitrogens with one attached hydrogen (secondary N) is 1. The van der Waals surface area contributed by atoms with E-state index in [-0.39, 0.29) is 19.0 Å². The Morgan fingerprint density at radius 1 is 1.26 bits per heavy atom. The molecule has 0 aromatic heterocycles. The fourth-order valence-electron chi connectivity index (χ4n) is 1.59. The second-order valence-electron chi connectivity index (χ2n) is 4.27. The van der Waals surface area contributed by atoms with Gasteiger partial charge in [-0.05, 0) is 12.0 Å². The molecule has 1 aromatic carbocycles. The van der Waals surface area contributed by atoms with Gasteiger partial charge in [-0.25, -0.2) is 0 Å². The van der Waals surface area contributed by atoms with E-state index in [2.05, 4.69) is 5.32 Å². The van der Waals surface area contributed by atoms with Crippen LogP contribution in [0.25, 0.3) is 0 Å². The summed E-state index contributed by atoms with van der Waals surface area (Å²) < 4.78 is 35.6. The summed E-state index contributed by atoms with van der Waals surface area (Å²) in [6.07, 6.45) is -4.73. The van der Waals surface area contributed by atoms with Crippen LogP contribution in [0.5, 0.6) is 0 Å². The van der Waals surface area contributed by atoms with Gasteiger partial charge in [0.25, 0.3) is 0 Å². The van der Waals surface area contributed by atoms with Crippen molar-refractivity contribution < 1.29 is 18.0 Å². The highest BCUT2D eigenvalue weighted by molar-refractivity contribution is 5.75. The van der Waals surface area contributed by atoms with Crippen molar-refractivity contribution in [2.75, 3.05) is 6.54 Å². The molecule has 19 heavy (non-hydrogen) atoms. The second-order valence-corrected chi connectivity index (χ2v) is 4.27. The van der Waals surface area contributed by atoms with E-state index in [1.165, 1.54) is 0 Å². The van der Waals surface area contributed by atoms with Gasteiger partial charge in [-0.3, -0.25) is 4.79 Å². The molecule has 0 heterocycles. The number of hydrogen-bond donors (Lipinski definition) is 2. The third kappa shape index (κ3) is 6.81. The zero-order chi connectivity index (χ0) is 14.3. The molecule has 0 aliphatic rings. The molecule has 0 radical (unpaired) electrons. The van der Waals surface area contributed by atoms with Gasteiger partial charge in [-0.1, -0.05) is 30.3 Å². The van der Waals surface area contributed by atoms with Gasteiger partial charge in [0, 0.05) is 19.0 Å². The fraction of sp³-hybridized carbons (Fsp3) is 0.462. The molecule has 3 nitrogen and oxygen atoms in total. The van der Waals surface area contributed by atoms with Gasteiger partial charge in [0.1, 0.15) is 0 Å². The molecule has 3 N–H and O–H groups in total. The van der Waals surface area contributed by atoms with E-state index in [0.29, 0.717) is 6.42 Å². The molecule has 1 amide bonds. The predicted octanol–water partition coefficient (Wildman–Crippen LogP) is 2.54. The Morgan fingerprint density at radius 3 is 2.47 bits per heavy atom. The van der Waals surface area contributed by atoms with E-state index < -0.39 is 18.5 Å². The predicted molar refractivity (Wildman–Crippen MR) is 66.3 cm³/mol. The van der Waals surface area contributed by atoms with Crippen LogP contribution in [0.15, 0.2) is 30.3 Å². The molecule has 1 aromatic rings. The minimum Gasteiger partial charge on any atom is -0.356 e. The first kappa shape index (κ1) is 15.5.